The molecule has 23 heavy (non-hydrogen) atoms. The van der Waals surface area contributed by atoms with Gasteiger partial charge in [-0.25, -0.2) is 4.79 Å². The van der Waals surface area contributed by atoms with Gasteiger partial charge < -0.3 is 5.11 Å². The SMILES string of the molecule is C=P(c1ccccc1)(c1ccccc1)c1ccccc1C(=O)O. The molecule has 3 aromatic carbocycles. The standard InChI is InChI=1S/C20H17O2P/c1-23(16-10-4-2-5-11-16,17-12-6-3-7-13-17)19-15-9-8-14-18(19)20(21)22/h2-15H,1H2,(H,21,22). The number of benzene rings is 3. The number of carbonyl (C=O) groups is 1. The summed E-state index contributed by atoms with van der Waals surface area (Å²) in [6.07, 6.45) is 4.57. The van der Waals surface area contributed by atoms with E-state index in [9.17, 15) is 9.90 Å². The molecule has 0 atom stereocenters. The molecule has 1 N–H and O–H groups in total. The summed E-state index contributed by atoms with van der Waals surface area (Å²) in [5.74, 6) is -0.916. The third-order valence-electron chi connectivity index (χ3n) is 3.94. The summed E-state index contributed by atoms with van der Waals surface area (Å²) in [4.78, 5) is 11.7. The number of carboxylic acids is 1. The second kappa shape index (κ2) is 6.28. The normalized spacial score (nSPS) is 11.1. The molecular weight excluding hydrogens is 303 g/mol. The fraction of sp³-hybridized carbons (Fsp3) is 0. The molecule has 3 heteroatoms. The molecule has 0 radical (unpaired) electrons. The maximum absolute atomic E-state index is 11.7. The largest absolute Gasteiger partial charge is 0.478 e. The van der Waals surface area contributed by atoms with E-state index in [1.54, 1.807) is 12.1 Å². The molecule has 0 aliphatic heterocycles. The minimum absolute atomic E-state index is 0.323. The lowest BCUT2D eigenvalue weighted by Crippen LogP contribution is -2.29. The lowest BCUT2D eigenvalue weighted by Gasteiger charge is -2.27. The van der Waals surface area contributed by atoms with Crippen LogP contribution in [0.5, 0.6) is 0 Å². The molecular formula is C20H17O2P. The fourth-order valence-corrected chi connectivity index (χ4v) is 5.92. The van der Waals surface area contributed by atoms with E-state index < -0.39 is 12.9 Å². The monoisotopic (exact) mass is 320 g/mol. The van der Waals surface area contributed by atoms with Gasteiger partial charge in [-0.3, -0.25) is 0 Å². The van der Waals surface area contributed by atoms with Crippen LogP contribution in [0.4, 0.5) is 0 Å². The summed E-state index contributed by atoms with van der Waals surface area (Å²) in [7, 11) is 0. The number of aromatic carboxylic acids is 1. The highest BCUT2D eigenvalue weighted by molar-refractivity contribution is 7.93. The lowest BCUT2D eigenvalue weighted by atomic mass is 10.2. The molecule has 0 heterocycles. The van der Waals surface area contributed by atoms with Crippen LogP contribution in [0.3, 0.4) is 0 Å². The van der Waals surface area contributed by atoms with Gasteiger partial charge in [0.25, 0.3) is 0 Å². The van der Waals surface area contributed by atoms with E-state index in [0.717, 1.165) is 15.9 Å². The van der Waals surface area contributed by atoms with E-state index in [1.165, 1.54) is 0 Å². The van der Waals surface area contributed by atoms with Gasteiger partial charge in [0.15, 0.2) is 0 Å². The molecule has 2 nitrogen and oxygen atoms in total. The van der Waals surface area contributed by atoms with E-state index >= 15 is 0 Å². The predicted octanol–water partition coefficient (Wildman–Crippen LogP) is 3.11. The van der Waals surface area contributed by atoms with Crippen LogP contribution in [0.1, 0.15) is 10.4 Å². The highest BCUT2D eigenvalue weighted by atomic mass is 31.2. The molecule has 0 saturated heterocycles. The first-order valence-corrected chi connectivity index (χ1v) is 9.29. The van der Waals surface area contributed by atoms with Crippen LogP contribution in [-0.2, 0) is 0 Å². The molecule has 0 fully saturated rings. The van der Waals surface area contributed by atoms with Crippen molar-refractivity contribution in [2.75, 3.05) is 0 Å². The van der Waals surface area contributed by atoms with E-state index in [4.69, 9.17) is 0 Å². The Morgan fingerprint density at radius 2 is 1.17 bits per heavy atom. The lowest BCUT2D eigenvalue weighted by molar-refractivity contribution is 0.0698. The number of carboxylic acid groups (broad SMARTS) is 1. The van der Waals surface area contributed by atoms with Gasteiger partial charge in [-0.05, 0) is 28.9 Å². The molecule has 3 aromatic rings. The molecule has 0 aliphatic carbocycles. The van der Waals surface area contributed by atoms with Gasteiger partial charge in [-0.15, -0.1) is 0 Å². The topological polar surface area (TPSA) is 37.3 Å². The van der Waals surface area contributed by atoms with Gasteiger partial charge in [-0.2, -0.15) is 0 Å². The zero-order valence-corrected chi connectivity index (χ0v) is 13.5. The number of hydrogen-bond donors (Lipinski definition) is 1. The van der Waals surface area contributed by atoms with Crippen molar-refractivity contribution in [3.63, 3.8) is 0 Å². The van der Waals surface area contributed by atoms with Gasteiger partial charge in [0.05, 0.1) is 5.56 Å². The van der Waals surface area contributed by atoms with Crippen LogP contribution in [0.2, 0.25) is 0 Å². The first kappa shape index (κ1) is 15.3. The van der Waals surface area contributed by atoms with Crippen molar-refractivity contribution >= 4 is 35.1 Å². The van der Waals surface area contributed by atoms with Crippen molar-refractivity contribution in [1.82, 2.24) is 0 Å². The van der Waals surface area contributed by atoms with Crippen molar-refractivity contribution in [3.8, 4) is 0 Å². The summed E-state index contributed by atoms with van der Waals surface area (Å²) < 4.78 is 0. The van der Waals surface area contributed by atoms with Crippen LogP contribution in [-0.4, -0.2) is 17.4 Å². The van der Waals surface area contributed by atoms with E-state index in [0.29, 0.717) is 5.56 Å². The quantitative estimate of drug-likeness (QED) is 0.750. The van der Waals surface area contributed by atoms with Crippen molar-refractivity contribution < 1.29 is 9.90 Å². The van der Waals surface area contributed by atoms with Gasteiger partial charge in [0.1, 0.15) is 0 Å². The average Bonchev–Trinajstić information content (AvgIpc) is 2.62. The molecule has 0 amide bonds. The van der Waals surface area contributed by atoms with Crippen molar-refractivity contribution in [2.24, 2.45) is 0 Å². The Morgan fingerprint density at radius 1 is 0.739 bits per heavy atom. The Balaban J connectivity index is 2.35. The minimum Gasteiger partial charge on any atom is -0.478 e. The molecule has 0 unspecified atom stereocenters. The van der Waals surface area contributed by atoms with E-state index in [2.05, 4.69) is 6.30 Å². The number of rotatable bonds is 4. The maximum atomic E-state index is 11.7. The van der Waals surface area contributed by atoms with E-state index in [-0.39, 0.29) is 0 Å². The Bertz CT molecular complexity index is 827. The Morgan fingerprint density at radius 3 is 1.65 bits per heavy atom. The van der Waals surface area contributed by atoms with Gasteiger partial charge in [-0.1, -0.05) is 85.2 Å². The van der Waals surface area contributed by atoms with Crippen LogP contribution in [0.25, 0.3) is 0 Å². The zero-order valence-electron chi connectivity index (χ0n) is 12.6. The molecule has 0 aromatic heterocycles. The summed E-state index contributed by atoms with van der Waals surface area (Å²) in [6.45, 7) is -2.25. The summed E-state index contributed by atoms with van der Waals surface area (Å²) in [6, 6.07) is 27.1. The molecule has 0 bridgehead atoms. The van der Waals surface area contributed by atoms with Crippen molar-refractivity contribution in [1.29, 1.82) is 0 Å². The van der Waals surface area contributed by atoms with Gasteiger partial charge in [0, 0.05) is 0 Å². The molecule has 3 rings (SSSR count). The van der Waals surface area contributed by atoms with Crippen LogP contribution in [0.15, 0.2) is 84.9 Å². The van der Waals surface area contributed by atoms with Crippen molar-refractivity contribution in [3.05, 3.63) is 90.5 Å². The summed E-state index contributed by atoms with van der Waals surface area (Å²) >= 11 is 0. The zero-order chi connectivity index (χ0) is 16.3. The Labute approximate surface area is 136 Å². The van der Waals surface area contributed by atoms with Crippen LogP contribution < -0.4 is 15.9 Å². The Kier molecular flexibility index (Phi) is 4.18. The second-order valence-electron chi connectivity index (χ2n) is 5.30. The van der Waals surface area contributed by atoms with Crippen molar-refractivity contribution in [2.45, 2.75) is 0 Å². The highest BCUT2D eigenvalue weighted by Crippen LogP contribution is 2.42. The summed E-state index contributed by atoms with van der Waals surface area (Å²) in [5, 5.41) is 12.5. The van der Waals surface area contributed by atoms with Gasteiger partial charge >= 0.3 is 5.97 Å². The molecule has 0 aliphatic rings. The van der Waals surface area contributed by atoms with Crippen LogP contribution in [0, 0.1) is 0 Å². The third-order valence-corrected chi connectivity index (χ3v) is 7.51. The fourth-order valence-electron chi connectivity index (χ4n) is 2.78. The minimum atomic E-state index is -2.25. The molecule has 0 spiro atoms. The predicted molar refractivity (Wildman–Crippen MR) is 99.2 cm³/mol. The molecule has 0 saturated carbocycles. The van der Waals surface area contributed by atoms with Crippen LogP contribution >= 0.6 is 6.89 Å². The molecule has 114 valence electrons. The third kappa shape index (κ3) is 2.74. The highest BCUT2D eigenvalue weighted by Gasteiger charge is 2.26. The average molecular weight is 320 g/mol. The second-order valence-corrected chi connectivity index (χ2v) is 8.44. The van der Waals surface area contributed by atoms with E-state index in [1.807, 2.05) is 72.8 Å². The first-order chi connectivity index (χ1) is 11.1. The van der Waals surface area contributed by atoms with Gasteiger partial charge in [0.2, 0.25) is 0 Å². The Hall–Kier alpha value is -2.57. The smallest absolute Gasteiger partial charge is 0.336 e. The first-order valence-electron chi connectivity index (χ1n) is 7.31. The maximum Gasteiger partial charge on any atom is 0.336 e. The number of hydrogen-bond acceptors (Lipinski definition) is 1. The summed E-state index contributed by atoms with van der Waals surface area (Å²) in [5.41, 5.74) is 0.323.